The zero-order valence-electron chi connectivity index (χ0n) is 9.80. The topological polar surface area (TPSA) is 87.2 Å². The Labute approximate surface area is 104 Å². The number of benzene rings is 1. The molecular weight excluding hydrogens is 254 g/mol. The second kappa shape index (κ2) is 4.45. The van der Waals surface area contributed by atoms with Crippen LogP contribution in [0.2, 0.25) is 0 Å². The molecule has 0 aliphatic rings. The molecule has 2 rings (SSSR count). The summed E-state index contributed by atoms with van der Waals surface area (Å²) in [5.41, 5.74) is 0.490. The highest BCUT2D eigenvalue weighted by atomic mass is 32.2. The maximum atomic E-state index is 12.1. The number of sulfone groups is 1. The Bertz CT molecular complexity index is 700. The fourth-order valence-electron chi connectivity index (χ4n) is 1.89. The van der Waals surface area contributed by atoms with Crippen molar-refractivity contribution in [1.29, 1.82) is 0 Å². The number of hydrogen-bond donors (Lipinski definition) is 2. The maximum Gasteiger partial charge on any atom is 0.335 e. The molecule has 2 aromatic rings. The van der Waals surface area contributed by atoms with E-state index in [0.717, 1.165) is 0 Å². The summed E-state index contributed by atoms with van der Waals surface area (Å²) in [5.74, 6) is -1.13. The number of rotatable bonds is 4. The molecule has 0 spiro atoms. The lowest BCUT2D eigenvalue weighted by atomic mass is 10.1. The minimum Gasteiger partial charge on any atom is -0.478 e. The number of nitrogens with one attached hydrogen (secondary N) is 1. The Morgan fingerprint density at radius 3 is 2.72 bits per heavy atom. The van der Waals surface area contributed by atoms with Crippen LogP contribution in [0.25, 0.3) is 10.9 Å². The lowest BCUT2D eigenvalue weighted by Gasteiger charge is -2.06. The average Bonchev–Trinajstić information content (AvgIpc) is 2.74. The lowest BCUT2D eigenvalue weighted by molar-refractivity contribution is 0.0697. The minimum atomic E-state index is -3.45. The van der Waals surface area contributed by atoms with Gasteiger partial charge in [0.1, 0.15) is 0 Å². The Hall–Kier alpha value is -1.82. The first-order valence-electron chi connectivity index (χ1n) is 5.53. The molecule has 1 aromatic carbocycles. The van der Waals surface area contributed by atoms with Crippen molar-refractivity contribution in [1.82, 2.24) is 4.98 Å². The summed E-state index contributed by atoms with van der Waals surface area (Å²) in [6, 6.07) is 4.30. The van der Waals surface area contributed by atoms with Gasteiger partial charge in [0, 0.05) is 17.1 Å². The van der Waals surface area contributed by atoms with Crippen molar-refractivity contribution in [3.8, 4) is 0 Å². The van der Waals surface area contributed by atoms with Crippen molar-refractivity contribution in [2.75, 3.05) is 5.75 Å². The molecule has 0 bridgehead atoms. The van der Waals surface area contributed by atoms with Gasteiger partial charge in [0.05, 0.1) is 16.2 Å². The van der Waals surface area contributed by atoms with Crippen LogP contribution >= 0.6 is 0 Å². The zero-order chi connectivity index (χ0) is 13.3. The highest BCUT2D eigenvalue weighted by molar-refractivity contribution is 7.91. The first-order chi connectivity index (χ1) is 8.45. The van der Waals surface area contributed by atoms with E-state index in [4.69, 9.17) is 5.11 Å². The fourth-order valence-corrected chi connectivity index (χ4v) is 3.47. The Morgan fingerprint density at radius 1 is 1.39 bits per heavy atom. The fraction of sp³-hybridized carbons (Fsp3) is 0.250. The lowest BCUT2D eigenvalue weighted by Crippen LogP contribution is -2.08. The summed E-state index contributed by atoms with van der Waals surface area (Å²) in [6.45, 7) is 1.77. The molecule has 1 aromatic heterocycles. The number of aromatic amines is 1. The molecule has 1 heterocycles. The van der Waals surface area contributed by atoms with Crippen LogP contribution in [0, 0.1) is 0 Å². The molecule has 0 radical (unpaired) electrons. The van der Waals surface area contributed by atoms with Gasteiger partial charge in [-0.3, -0.25) is 0 Å². The van der Waals surface area contributed by atoms with Gasteiger partial charge in [-0.15, -0.1) is 0 Å². The van der Waals surface area contributed by atoms with Gasteiger partial charge in [-0.1, -0.05) is 6.92 Å². The van der Waals surface area contributed by atoms with Crippen molar-refractivity contribution >= 4 is 26.7 Å². The molecule has 0 aliphatic heterocycles. The van der Waals surface area contributed by atoms with Gasteiger partial charge in [0.25, 0.3) is 0 Å². The number of carboxylic acids is 1. The third-order valence-electron chi connectivity index (χ3n) is 2.69. The molecule has 6 heteroatoms. The molecule has 0 amide bonds. The quantitative estimate of drug-likeness (QED) is 0.887. The van der Waals surface area contributed by atoms with Crippen molar-refractivity contribution in [2.24, 2.45) is 0 Å². The number of aromatic carboxylic acids is 1. The average molecular weight is 267 g/mol. The second-order valence-corrected chi connectivity index (χ2v) is 6.11. The van der Waals surface area contributed by atoms with Crippen molar-refractivity contribution in [3.05, 3.63) is 30.0 Å². The predicted octanol–water partition coefficient (Wildman–Crippen LogP) is 2.05. The monoisotopic (exact) mass is 267 g/mol. The first-order valence-corrected chi connectivity index (χ1v) is 7.18. The highest BCUT2D eigenvalue weighted by Gasteiger charge is 2.20. The molecule has 0 aliphatic carbocycles. The van der Waals surface area contributed by atoms with Crippen LogP contribution in [0.3, 0.4) is 0 Å². The highest BCUT2D eigenvalue weighted by Crippen LogP contribution is 2.25. The van der Waals surface area contributed by atoms with E-state index in [-0.39, 0.29) is 16.2 Å². The zero-order valence-corrected chi connectivity index (χ0v) is 10.6. The smallest absolute Gasteiger partial charge is 0.335 e. The molecule has 0 saturated carbocycles. The normalized spacial score (nSPS) is 11.8. The van der Waals surface area contributed by atoms with Crippen LogP contribution in [0.4, 0.5) is 0 Å². The summed E-state index contributed by atoms with van der Waals surface area (Å²) < 4.78 is 24.2. The van der Waals surface area contributed by atoms with Crippen molar-refractivity contribution < 1.29 is 18.3 Å². The van der Waals surface area contributed by atoms with Crippen LogP contribution in [-0.4, -0.2) is 30.2 Å². The van der Waals surface area contributed by atoms with E-state index >= 15 is 0 Å². The minimum absolute atomic E-state index is 0.0103. The van der Waals surface area contributed by atoms with Crippen LogP contribution < -0.4 is 0 Å². The Kier molecular flexibility index (Phi) is 3.13. The standard InChI is InChI=1S/C12H13NO4S/c1-2-5-18(16,17)11-7-8(12(14)15)6-10-9(11)3-4-13-10/h3-4,6-7,13H,2,5H2,1H3,(H,14,15). The molecular formula is C12H13NO4S. The Balaban J connectivity index is 2.75. The van der Waals surface area contributed by atoms with Gasteiger partial charge in [-0.2, -0.15) is 0 Å². The summed E-state index contributed by atoms with van der Waals surface area (Å²) in [7, 11) is -3.45. The van der Waals surface area contributed by atoms with Gasteiger partial charge in [0.2, 0.25) is 0 Å². The molecule has 5 nitrogen and oxygen atoms in total. The van der Waals surface area contributed by atoms with Crippen LogP contribution in [0.1, 0.15) is 23.7 Å². The van der Waals surface area contributed by atoms with E-state index in [1.54, 1.807) is 19.2 Å². The van der Waals surface area contributed by atoms with Gasteiger partial charge in [-0.25, -0.2) is 13.2 Å². The van der Waals surface area contributed by atoms with Crippen LogP contribution in [-0.2, 0) is 9.84 Å². The molecule has 0 unspecified atom stereocenters. The largest absolute Gasteiger partial charge is 0.478 e. The maximum absolute atomic E-state index is 12.1. The molecule has 0 saturated heterocycles. The SMILES string of the molecule is CCCS(=O)(=O)c1cc(C(=O)O)cc2[nH]ccc12. The number of hydrogen-bond acceptors (Lipinski definition) is 3. The summed E-state index contributed by atoms with van der Waals surface area (Å²) in [6.07, 6.45) is 2.09. The number of H-pyrrole nitrogens is 1. The molecule has 0 atom stereocenters. The summed E-state index contributed by atoms with van der Waals surface area (Å²) in [5, 5.41) is 9.53. The van der Waals surface area contributed by atoms with Crippen molar-refractivity contribution in [2.45, 2.75) is 18.2 Å². The molecule has 18 heavy (non-hydrogen) atoms. The van der Waals surface area contributed by atoms with E-state index in [1.165, 1.54) is 12.1 Å². The van der Waals surface area contributed by atoms with E-state index in [2.05, 4.69) is 4.98 Å². The number of aromatic nitrogens is 1. The molecule has 96 valence electrons. The van der Waals surface area contributed by atoms with Crippen LogP contribution in [0.15, 0.2) is 29.3 Å². The number of fused-ring (bicyclic) bond motifs is 1. The number of carboxylic acid groups (broad SMARTS) is 1. The van der Waals surface area contributed by atoms with E-state index in [9.17, 15) is 13.2 Å². The predicted molar refractivity (Wildman–Crippen MR) is 67.6 cm³/mol. The third-order valence-corrected chi connectivity index (χ3v) is 4.64. The van der Waals surface area contributed by atoms with E-state index in [0.29, 0.717) is 17.3 Å². The first kappa shape index (κ1) is 12.6. The van der Waals surface area contributed by atoms with E-state index in [1.807, 2.05) is 0 Å². The van der Waals surface area contributed by atoms with E-state index < -0.39 is 15.8 Å². The van der Waals surface area contributed by atoms with Gasteiger partial charge in [0.15, 0.2) is 9.84 Å². The Morgan fingerprint density at radius 2 is 2.11 bits per heavy atom. The van der Waals surface area contributed by atoms with Gasteiger partial charge < -0.3 is 10.1 Å². The molecule has 0 fully saturated rings. The van der Waals surface area contributed by atoms with Gasteiger partial charge >= 0.3 is 5.97 Å². The summed E-state index contributed by atoms with van der Waals surface area (Å²) in [4.78, 5) is 13.9. The van der Waals surface area contributed by atoms with Crippen molar-refractivity contribution in [3.63, 3.8) is 0 Å². The van der Waals surface area contributed by atoms with Crippen LogP contribution in [0.5, 0.6) is 0 Å². The second-order valence-electron chi connectivity index (χ2n) is 4.04. The number of carbonyl (C=O) groups is 1. The summed E-state index contributed by atoms with van der Waals surface area (Å²) >= 11 is 0. The third kappa shape index (κ3) is 2.11. The molecule has 2 N–H and O–H groups in total. The van der Waals surface area contributed by atoms with Gasteiger partial charge in [-0.05, 0) is 24.6 Å².